The highest BCUT2D eigenvalue weighted by atomic mass is 35.5. The maximum atomic E-state index is 5.94. The van der Waals surface area contributed by atoms with Gasteiger partial charge in [-0.3, -0.25) is 0 Å². The van der Waals surface area contributed by atoms with Crippen LogP contribution in [0.1, 0.15) is 36.4 Å². The fourth-order valence-electron chi connectivity index (χ4n) is 2.52. The van der Waals surface area contributed by atoms with E-state index in [2.05, 4.69) is 61.6 Å². The van der Waals surface area contributed by atoms with Gasteiger partial charge in [0, 0.05) is 26.7 Å². The van der Waals surface area contributed by atoms with E-state index >= 15 is 0 Å². The summed E-state index contributed by atoms with van der Waals surface area (Å²) in [6, 6.07) is 19.5. The Morgan fingerprint density at radius 1 is 0.952 bits per heavy atom. The summed E-state index contributed by atoms with van der Waals surface area (Å²) in [5.74, 6) is 0. The Morgan fingerprint density at radius 3 is 2.38 bits per heavy atom. The molecule has 0 aliphatic carbocycles. The van der Waals surface area contributed by atoms with E-state index in [1.54, 1.807) is 0 Å². The first-order valence-electron chi connectivity index (χ1n) is 7.13. The summed E-state index contributed by atoms with van der Waals surface area (Å²) in [4.78, 5) is 1.37. The van der Waals surface area contributed by atoms with Gasteiger partial charge in [0.15, 0.2) is 0 Å². The molecule has 0 aliphatic rings. The lowest BCUT2D eigenvalue weighted by Gasteiger charge is -2.19. The van der Waals surface area contributed by atoms with Gasteiger partial charge in [-0.05, 0) is 49.1 Å². The van der Waals surface area contributed by atoms with Gasteiger partial charge in [0.2, 0.25) is 0 Å². The molecule has 3 heteroatoms. The van der Waals surface area contributed by atoms with Gasteiger partial charge in [-0.25, -0.2) is 0 Å². The molecule has 0 spiro atoms. The Labute approximate surface area is 134 Å². The zero-order chi connectivity index (χ0) is 14.8. The molecule has 108 valence electrons. The normalized spacial score (nSPS) is 14.2. The van der Waals surface area contributed by atoms with Crippen molar-refractivity contribution in [3.63, 3.8) is 0 Å². The molecule has 1 N–H and O–H groups in total. The number of rotatable bonds is 4. The van der Waals surface area contributed by atoms with E-state index in [1.807, 2.05) is 23.5 Å². The van der Waals surface area contributed by atoms with Gasteiger partial charge in [-0.15, -0.1) is 11.3 Å². The molecule has 3 aromatic rings. The standard InChI is InChI=1S/C18H18ClNS/c1-12(14-7-9-16(19)10-8-14)20-13(2)18-11-15-5-3-4-6-17(15)21-18/h3-13,20H,1-2H3/t12-,13?/m1/s1. The van der Waals surface area contributed by atoms with Crippen molar-refractivity contribution in [1.29, 1.82) is 0 Å². The van der Waals surface area contributed by atoms with Gasteiger partial charge in [0.1, 0.15) is 0 Å². The van der Waals surface area contributed by atoms with E-state index in [-0.39, 0.29) is 0 Å². The molecule has 1 heterocycles. The molecule has 0 amide bonds. The first-order chi connectivity index (χ1) is 10.1. The first-order valence-corrected chi connectivity index (χ1v) is 8.33. The van der Waals surface area contributed by atoms with E-state index in [9.17, 15) is 0 Å². The molecule has 3 rings (SSSR count). The van der Waals surface area contributed by atoms with Crippen LogP contribution in [0.25, 0.3) is 10.1 Å². The van der Waals surface area contributed by atoms with Gasteiger partial charge >= 0.3 is 0 Å². The molecule has 0 fully saturated rings. The lowest BCUT2D eigenvalue weighted by Crippen LogP contribution is -2.21. The number of nitrogens with one attached hydrogen (secondary N) is 1. The summed E-state index contributed by atoms with van der Waals surface area (Å²) in [5.41, 5.74) is 1.26. The molecular weight excluding hydrogens is 298 g/mol. The first kappa shape index (κ1) is 14.6. The van der Waals surface area contributed by atoms with Crippen molar-refractivity contribution in [3.05, 3.63) is 70.1 Å². The third kappa shape index (κ3) is 3.29. The lowest BCUT2D eigenvalue weighted by molar-refractivity contribution is 0.500. The van der Waals surface area contributed by atoms with Crippen molar-refractivity contribution in [2.24, 2.45) is 0 Å². The molecule has 0 aliphatic heterocycles. The lowest BCUT2D eigenvalue weighted by atomic mass is 10.1. The van der Waals surface area contributed by atoms with Gasteiger partial charge in [-0.1, -0.05) is 41.9 Å². The third-order valence-corrected chi connectivity index (χ3v) is 5.29. The summed E-state index contributed by atoms with van der Waals surface area (Å²) >= 11 is 7.81. The maximum absolute atomic E-state index is 5.94. The average molecular weight is 316 g/mol. The van der Waals surface area contributed by atoms with Crippen LogP contribution in [0.2, 0.25) is 5.02 Å². The molecule has 0 bridgehead atoms. The highest BCUT2D eigenvalue weighted by molar-refractivity contribution is 7.19. The van der Waals surface area contributed by atoms with E-state index in [4.69, 9.17) is 11.6 Å². The maximum Gasteiger partial charge on any atom is 0.0406 e. The van der Waals surface area contributed by atoms with E-state index < -0.39 is 0 Å². The van der Waals surface area contributed by atoms with E-state index in [1.165, 1.54) is 20.5 Å². The molecule has 1 aromatic heterocycles. The summed E-state index contributed by atoms with van der Waals surface area (Å²) in [6.45, 7) is 4.41. The van der Waals surface area contributed by atoms with Crippen LogP contribution >= 0.6 is 22.9 Å². The summed E-state index contributed by atoms with van der Waals surface area (Å²) in [7, 11) is 0. The number of halogens is 1. The molecule has 0 radical (unpaired) electrons. The summed E-state index contributed by atoms with van der Waals surface area (Å²) in [6.07, 6.45) is 0. The van der Waals surface area contributed by atoms with Crippen molar-refractivity contribution in [2.45, 2.75) is 25.9 Å². The number of benzene rings is 2. The van der Waals surface area contributed by atoms with Crippen LogP contribution in [0.3, 0.4) is 0 Å². The molecule has 0 saturated heterocycles. The smallest absolute Gasteiger partial charge is 0.0406 e. The second-order valence-electron chi connectivity index (χ2n) is 5.35. The zero-order valence-corrected chi connectivity index (χ0v) is 13.7. The van der Waals surface area contributed by atoms with Crippen molar-refractivity contribution in [2.75, 3.05) is 0 Å². The molecule has 1 unspecified atom stereocenters. The number of hydrogen-bond donors (Lipinski definition) is 1. The monoisotopic (exact) mass is 315 g/mol. The predicted molar refractivity (Wildman–Crippen MR) is 93.2 cm³/mol. The van der Waals surface area contributed by atoms with Gasteiger partial charge in [0.25, 0.3) is 0 Å². The summed E-state index contributed by atoms with van der Waals surface area (Å²) in [5, 5.41) is 5.77. The largest absolute Gasteiger partial charge is 0.303 e. The molecule has 21 heavy (non-hydrogen) atoms. The topological polar surface area (TPSA) is 12.0 Å². The van der Waals surface area contributed by atoms with Crippen molar-refractivity contribution in [3.8, 4) is 0 Å². The summed E-state index contributed by atoms with van der Waals surface area (Å²) < 4.78 is 1.35. The highest BCUT2D eigenvalue weighted by Gasteiger charge is 2.13. The second-order valence-corrected chi connectivity index (χ2v) is 6.90. The van der Waals surface area contributed by atoms with Gasteiger partial charge in [0.05, 0.1) is 0 Å². The Kier molecular flexibility index (Phi) is 4.29. The second kappa shape index (κ2) is 6.18. The fraction of sp³-hybridized carbons (Fsp3) is 0.222. The zero-order valence-electron chi connectivity index (χ0n) is 12.1. The van der Waals surface area contributed by atoms with Crippen LogP contribution in [-0.2, 0) is 0 Å². The van der Waals surface area contributed by atoms with Crippen molar-refractivity contribution >= 4 is 33.0 Å². The van der Waals surface area contributed by atoms with Crippen LogP contribution in [0, 0.1) is 0 Å². The predicted octanol–water partition coefficient (Wildman–Crippen LogP) is 5.97. The minimum Gasteiger partial charge on any atom is -0.303 e. The third-order valence-electron chi connectivity index (χ3n) is 3.74. The molecule has 2 atom stereocenters. The number of thiophene rings is 1. The molecule has 2 aromatic carbocycles. The highest BCUT2D eigenvalue weighted by Crippen LogP contribution is 2.31. The minimum absolute atomic E-state index is 0.294. The van der Waals surface area contributed by atoms with Crippen LogP contribution in [-0.4, -0.2) is 0 Å². The minimum atomic E-state index is 0.294. The van der Waals surface area contributed by atoms with Crippen LogP contribution in [0.15, 0.2) is 54.6 Å². The average Bonchev–Trinajstić information content (AvgIpc) is 2.92. The van der Waals surface area contributed by atoms with E-state index in [0.29, 0.717) is 12.1 Å². The Hall–Kier alpha value is -1.35. The van der Waals surface area contributed by atoms with Crippen molar-refractivity contribution < 1.29 is 0 Å². The van der Waals surface area contributed by atoms with Crippen LogP contribution < -0.4 is 5.32 Å². The quantitative estimate of drug-likeness (QED) is 0.625. The Morgan fingerprint density at radius 2 is 1.67 bits per heavy atom. The number of fused-ring (bicyclic) bond motifs is 1. The van der Waals surface area contributed by atoms with Gasteiger partial charge in [-0.2, -0.15) is 0 Å². The fourth-order valence-corrected chi connectivity index (χ4v) is 3.72. The van der Waals surface area contributed by atoms with Gasteiger partial charge < -0.3 is 5.32 Å². The molecular formula is C18H18ClNS. The van der Waals surface area contributed by atoms with Crippen molar-refractivity contribution in [1.82, 2.24) is 5.32 Å². The SMILES string of the molecule is CC(N[C@H](C)c1ccc(Cl)cc1)c1cc2ccccc2s1. The Balaban J connectivity index is 1.75. The van der Waals surface area contributed by atoms with Crippen LogP contribution in [0.5, 0.6) is 0 Å². The van der Waals surface area contributed by atoms with Crippen LogP contribution in [0.4, 0.5) is 0 Å². The van der Waals surface area contributed by atoms with E-state index in [0.717, 1.165) is 5.02 Å². The molecule has 0 saturated carbocycles. The number of hydrogen-bond acceptors (Lipinski definition) is 2. The molecule has 1 nitrogen and oxygen atoms in total. The Bertz CT molecular complexity index is 699.